The summed E-state index contributed by atoms with van der Waals surface area (Å²) in [6.07, 6.45) is 3.27. The van der Waals surface area contributed by atoms with Gasteiger partial charge in [-0.3, -0.25) is 9.48 Å². The molecule has 1 unspecified atom stereocenters. The fourth-order valence-electron chi connectivity index (χ4n) is 4.32. The van der Waals surface area contributed by atoms with Crippen molar-refractivity contribution in [3.05, 3.63) is 34.5 Å². The van der Waals surface area contributed by atoms with Gasteiger partial charge in [-0.25, -0.2) is 9.97 Å². The second-order valence-electron chi connectivity index (χ2n) is 7.77. The zero-order valence-electron chi connectivity index (χ0n) is 16.7. The van der Waals surface area contributed by atoms with Crippen molar-refractivity contribution in [3.8, 4) is 0 Å². The first kappa shape index (κ1) is 17.9. The standard InChI is InChI=1S/C20H28N6O/c1-13-11-14(2)26(23-13)15(3)20(27)25-10-7-17-18(12-25)21-16(4)22-19(17)24-8-5-6-9-24/h11,15H,5-10,12H2,1-4H3. The molecule has 4 rings (SSSR count). The number of aryl methyl sites for hydroxylation is 3. The number of carbonyl (C=O) groups excluding carboxylic acids is 1. The molecule has 2 aromatic rings. The van der Waals surface area contributed by atoms with E-state index in [-0.39, 0.29) is 11.9 Å². The zero-order chi connectivity index (χ0) is 19.1. The van der Waals surface area contributed by atoms with Gasteiger partial charge < -0.3 is 9.80 Å². The molecule has 7 heteroatoms. The smallest absolute Gasteiger partial charge is 0.247 e. The summed E-state index contributed by atoms with van der Waals surface area (Å²) < 4.78 is 1.83. The van der Waals surface area contributed by atoms with E-state index in [4.69, 9.17) is 4.98 Å². The summed E-state index contributed by atoms with van der Waals surface area (Å²) in [7, 11) is 0. The average Bonchev–Trinajstić information content (AvgIpc) is 3.28. The highest BCUT2D eigenvalue weighted by Crippen LogP contribution is 2.29. The van der Waals surface area contributed by atoms with Gasteiger partial charge in [-0.1, -0.05) is 0 Å². The molecule has 0 spiro atoms. The van der Waals surface area contributed by atoms with Gasteiger partial charge in [0, 0.05) is 30.9 Å². The Morgan fingerprint density at radius 2 is 1.85 bits per heavy atom. The molecule has 0 aromatic carbocycles. The molecule has 2 aliphatic rings. The lowest BCUT2D eigenvalue weighted by molar-refractivity contribution is -0.135. The molecule has 1 atom stereocenters. The number of hydrogen-bond donors (Lipinski definition) is 0. The minimum Gasteiger partial charge on any atom is -0.356 e. The lowest BCUT2D eigenvalue weighted by Crippen LogP contribution is -2.41. The van der Waals surface area contributed by atoms with Gasteiger partial charge in [-0.2, -0.15) is 5.10 Å². The van der Waals surface area contributed by atoms with Crippen molar-refractivity contribution in [1.82, 2.24) is 24.6 Å². The molecule has 0 radical (unpaired) electrons. The van der Waals surface area contributed by atoms with Crippen molar-refractivity contribution in [2.24, 2.45) is 0 Å². The molecule has 2 aliphatic heterocycles. The van der Waals surface area contributed by atoms with Crippen molar-refractivity contribution >= 4 is 11.7 Å². The van der Waals surface area contributed by atoms with Gasteiger partial charge in [0.2, 0.25) is 5.91 Å². The summed E-state index contributed by atoms with van der Waals surface area (Å²) in [5.41, 5.74) is 4.19. The Labute approximate surface area is 160 Å². The Balaban J connectivity index is 1.57. The lowest BCUT2D eigenvalue weighted by Gasteiger charge is -2.32. The van der Waals surface area contributed by atoms with Crippen LogP contribution in [0, 0.1) is 20.8 Å². The highest BCUT2D eigenvalue weighted by Gasteiger charge is 2.30. The van der Waals surface area contributed by atoms with Crippen LogP contribution in [0.4, 0.5) is 5.82 Å². The molecule has 7 nitrogen and oxygen atoms in total. The molecular formula is C20H28N6O. The SMILES string of the molecule is Cc1cc(C)n(C(C)C(=O)N2CCc3c(nc(C)nc3N3CCCC3)C2)n1. The number of amides is 1. The monoisotopic (exact) mass is 368 g/mol. The van der Waals surface area contributed by atoms with Crippen LogP contribution in [0.1, 0.15) is 54.3 Å². The summed E-state index contributed by atoms with van der Waals surface area (Å²) in [4.78, 5) is 26.8. The number of rotatable bonds is 3. The summed E-state index contributed by atoms with van der Waals surface area (Å²) in [6, 6.07) is 1.70. The van der Waals surface area contributed by atoms with Crippen molar-refractivity contribution in [2.45, 2.75) is 59.5 Å². The Hall–Kier alpha value is -2.44. The summed E-state index contributed by atoms with van der Waals surface area (Å²) in [5, 5.41) is 4.49. The maximum atomic E-state index is 13.1. The van der Waals surface area contributed by atoms with Gasteiger partial charge >= 0.3 is 0 Å². The fourth-order valence-corrected chi connectivity index (χ4v) is 4.32. The normalized spacial score (nSPS) is 17.9. The van der Waals surface area contributed by atoms with Gasteiger partial charge in [0.25, 0.3) is 0 Å². The molecule has 0 bridgehead atoms. The van der Waals surface area contributed by atoms with Gasteiger partial charge in [-0.15, -0.1) is 0 Å². The van der Waals surface area contributed by atoms with E-state index in [0.717, 1.165) is 48.2 Å². The van der Waals surface area contributed by atoms with Crippen molar-refractivity contribution in [1.29, 1.82) is 0 Å². The minimum absolute atomic E-state index is 0.103. The Morgan fingerprint density at radius 3 is 2.52 bits per heavy atom. The predicted octanol–water partition coefficient (Wildman–Crippen LogP) is 2.34. The minimum atomic E-state index is -0.304. The first-order valence-electron chi connectivity index (χ1n) is 9.87. The number of aromatic nitrogens is 4. The van der Waals surface area contributed by atoms with E-state index in [0.29, 0.717) is 13.1 Å². The van der Waals surface area contributed by atoms with Gasteiger partial charge in [0.1, 0.15) is 17.7 Å². The topological polar surface area (TPSA) is 67.2 Å². The van der Waals surface area contributed by atoms with Crippen LogP contribution < -0.4 is 4.90 Å². The third-order valence-electron chi connectivity index (χ3n) is 5.64. The first-order valence-corrected chi connectivity index (χ1v) is 9.87. The summed E-state index contributed by atoms with van der Waals surface area (Å²) in [6.45, 7) is 11.2. The molecular weight excluding hydrogens is 340 g/mol. The van der Waals surface area contributed by atoms with E-state index in [1.807, 2.05) is 43.3 Å². The number of fused-ring (bicyclic) bond motifs is 1. The third-order valence-corrected chi connectivity index (χ3v) is 5.64. The molecule has 27 heavy (non-hydrogen) atoms. The van der Waals surface area contributed by atoms with E-state index >= 15 is 0 Å². The van der Waals surface area contributed by atoms with Crippen molar-refractivity contribution in [2.75, 3.05) is 24.5 Å². The van der Waals surface area contributed by atoms with Crippen LogP contribution in [-0.2, 0) is 17.8 Å². The quantitative estimate of drug-likeness (QED) is 0.832. The van der Waals surface area contributed by atoms with Crippen LogP contribution in [-0.4, -0.2) is 50.2 Å². The van der Waals surface area contributed by atoms with Crippen molar-refractivity contribution in [3.63, 3.8) is 0 Å². The molecule has 1 amide bonds. The first-order chi connectivity index (χ1) is 12.9. The molecule has 4 heterocycles. The highest BCUT2D eigenvalue weighted by atomic mass is 16.2. The van der Waals surface area contributed by atoms with E-state index in [1.165, 1.54) is 18.4 Å². The molecule has 2 aromatic heterocycles. The largest absolute Gasteiger partial charge is 0.356 e. The zero-order valence-corrected chi connectivity index (χ0v) is 16.7. The van der Waals surface area contributed by atoms with E-state index in [1.54, 1.807) is 0 Å². The highest BCUT2D eigenvalue weighted by molar-refractivity contribution is 5.80. The van der Waals surface area contributed by atoms with E-state index < -0.39 is 0 Å². The average molecular weight is 368 g/mol. The van der Waals surface area contributed by atoms with Crippen LogP contribution in [0.5, 0.6) is 0 Å². The Bertz CT molecular complexity index is 868. The van der Waals surface area contributed by atoms with Gasteiger partial charge in [-0.05, 0) is 53.0 Å². The molecule has 144 valence electrons. The molecule has 1 saturated heterocycles. The Morgan fingerprint density at radius 1 is 1.11 bits per heavy atom. The molecule has 0 saturated carbocycles. The van der Waals surface area contributed by atoms with Crippen LogP contribution >= 0.6 is 0 Å². The fraction of sp³-hybridized carbons (Fsp3) is 0.600. The maximum Gasteiger partial charge on any atom is 0.247 e. The molecule has 0 aliphatic carbocycles. The summed E-state index contributed by atoms with van der Waals surface area (Å²) in [5.74, 6) is 1.98. The maximum absolute atomic E-state index is 13.1. The van der Waals surface area contributed by atoms with E-state index in [9.17, 15) is 4.79 Å². The second-order valence-corrected chi connectivity index (χ2v) is 7.77. The van der Waals surface area contributed by atoms with Crippen molar-refractivity contribution < 1.29 is 4.79 Å². The van der Waals surface area contributed by atoms with Crippen LogP contribution in [0.25, 0.3) is 0 Å². The second kappa shape index (κ2) is 6.94. The van der Waals surface area contributed by atoms with Crippen LogP contribution in [0.3, 0.4) is 0 Å². The number of nitrogens with zero attached hydrogens (tertiary/aromatic N) is 6. The number of hydrogen-bond acceptors (Lipinski definition) is 5. The third kappa shape index (κ3) is 3.31. The molecule has 1 fully saturated rings. The van der Waals surface area contributed by atoms with Crippen LogP contribution in [0.2, 0.25) is 0 Å². The van der Waals surface area contributed by atoms with Gasteiger partial charge in [0.05, 0.1) is 17.9 Å². The lowest BCUT2D eigenvalue weighted by atomic mass is 10.0. The Kier molecular flexibility index (Phi) is 4.61. The summed E-state index contributed by atoms with van der Waals surface area (Å²) >= 11 is 0. The molecule has 0 N–H and O–H groups in total. The number of anilines is 1. The van der Waals surface area contributed by atoms with Crippen LogP contribution in [0.15, 0.2) is 6.07 Å². The predicted molar refractivity (Wildman–Crippen MR) is 104 cm³/mol. The number of carbonyl (C=O) groups is 1. The van der Waals surface area contributed by atoms with Gasteiger partial charge in [0.15, 0.2) is 0 Å². The van der Waals surface area contributed by atoms with E-state index in [2.05, 4.69) is 15.0 Å².